The van der Waals surface area contributed by atoms with Gasteiger partial charge in [0.2, 0.25) is 0 Å². The van der Waals surface area contributed by atoms with Crippen molar-refractivity contribution in [1.29, 1.82) is 0 Å². The fourth-order valence-electron chi connectivity index (χ4n) is 3.58. The van der Waals surface area contributed by atoms with Crippen molar-refractivity contribution in [2.75, 3.05) is 6.61 Å². The first-order chi connectivity index (χ1) is 10.1. The van der Waals surface area contributed by atoms with E-state index < -0.39 is 6.10 Å². The summed E-state index contributed by atoms with van der Waals surface area (Å²) in [6.45, 7) is 6.94. The molecule has 2 atom stereocenters. The highest BCUT2D eigenvalue weighted by molar-refractivity contribution is 5.31. The van der Waals surface area contributed by atoms with E-state index in [1.54, 1.807) is 0 Å². The van der Waals surface area contributed by atoms with Crippen molar-refractivity contribution >= 4 is 0 Å². The van der Waals surface area contributed by atoms with Gasteiger partial charge in [0.25, 0.3) is 0 Å². The number of ether oxygens (including phenoxy) is 1. The molecule has 2 rings (SSSR count). The van der Waals surface area contributed by atoms with Crippen LogP contribution in [0, 0.1) is 19.8 Å². The Morgan fingerprint density at radius 3 is 2.57 bits per heavy atom. The van der Waals surface area contributed by atoms with Gasteiger partial charge in [-0.3, -0.25) is 0 Å². The lowest BCUT2D eigenvalue weighted by Crippen LogP contribution is -2.38. The molecule has 0 radical (unpaired) electrons. The molecule has 0 aromatic heterocycles. The zero-order valence-corrected chi connectivity index (χ0v) is 13.8. The average molecular weight is 290 g/mol. The molecule has 1 aliphatic carbocycles. The van der Waals surface area contributed by atoms with Crippen molar-refractivity contribution in [2.45, 2.75) is 71.5 Å². The van der Waals surface area contributed by atoms with Crippen molar-refractivity contribution < 1.29 is 9.84 Å². The molecule has 0 heterocycles. The molecule has 0 amide bonds. The van der Waals surface area contributed by atoms with E-state index in [9.17, 15) is 5.11 Å². The molecule has 0 spiro atoms. The van der Waals surface area contributed by atoms with Crippen LogP contribution in [0.2, 0.25) is 0 Å². The number of aliphatic hydroxyl groups excluding tert-OH is 1. The van der Waals surface area contributed by atoms with Crippen LogP contribution in [0.4, 0.5) is 0 Å². The monoisotopic (exact) mass is 290 g/mol. The third kappa shape index (κ3) is 4.55. The summed E-state index contributed by atoms with van der Waals surface area (Å²) < 4.78 is 5.94. The van der Waals surface area contributed by atoms with Crippen LogP contribution in [0.5, 0.6) is 0 Å². The van der Waals surface area contributed by atoms with Gasteiger partial charge in [-0.1, -0.05) is 43.0 Å². The van der Waals surface area contributed by atoms with Crippen LogP contribution >= 0.6 is 0 Å². The molecule has 1 saturated carbocycles. The smallest absolute Gasteiger partial charge is 0.0865 e. The predicted molar refractivity (Wildman–Crippen MR) is 87.6 cm³/mol. The highest BCUT2D eigenvalue weighted by Gasteiger charge is 2.30. The highest BCUT2D eigenvalue weighted by atomic mass is 16.5. The van der Waals surface area contributed by atoms with Crippen molar-refractivity contribution in [3.8, 4) is 0 Å². The van der Waals surface area contributed by atoms with E-state index in [4.69, 9.17) is 4.74 Å². The summed E-state index contributed by atoms with van der Waals surface area (Å²) >= 11 is 0. The molecule has 118 valence electrons. The van der Waals surface area contributed by atoms with Gasteiger partial charge < -0.3 is 9.84 Å². The molecule has 0 saturated heterocycles. The minimum absolute atomic E-state index is 0.00443. The number of aryl methyl sites for hydroxylation is 2. The second-order valence-electron chi connectivity index (χ2n) is 6.52. The summed E-state index contributed by atoms with van der Waals surface area (Å²) in [6.07, 6.45) is 6.61. The van der Waals surface area contributed by atoms with E-state index in [0.29, 0.717) is 18.9 Å². The highest BCUT2D eigenvalue weighted by Crippen LogP contribution is 2.30. The molecule has 2 unspecified atom stereocenters. The van der Waals surface area contributed by atoms with Crippen LogP contribution in [-0.4, -0.2) is 23.9 Å². The summed E-state index contributed by atoms with van der Waals surface area (Å²) in [7, 11) is 0. The number of hydrogen-bond acceptors (Lipinski definition) is 2. The standard InChI is InChI=1S/C19H30O2/c1-4-21-19(16-8-6-5-7-9-16)18(20)13-17-12-14(2)10-11-15(17)3/h10-12,16,18-20H,4-9,13H2,1-3H3. The Morgan fingerprint density at radius 2 is 1.90 bits per heavy atom. The summed E-state index contributed by atoms with van der Waals surface area (Å²) in [4.78, 5) is 0. The first-order valence-corrected chi connectivity index (χ1v) is 8.47. The third-order valence-corrected chi connectivity index (χ3v) is 4.79. The van der Waals surface area contributed by atoms with Crippen molar-refractivity contribution in [2.24, 2.45) is 5.92 Å². The lowest BCUT2D eigenvalue weighted by Gasteiger charge is -2.33. The molecule has 1 fully saturated rings. The summed E-state index contributed by atoms with van der Waals surface area (Å²) in [5.74, 6) is 0.527. The normalized spacial score (nSPS) is 19.4. The number of rotatable bonds is 6. The Balaban J connectivity index is 2.06. The minimum atomic E-state index is -0.395. The number of benzene rings is 1. The maximum Gasteiger partial charge on any atom is 0.0865 e. The van der Waals surface area contributed by atoms with Crippen LogP contribution in [0.3, 0.4) is 0 Å². The largest absolute Gasteiger partial charge is 0.390 e. The molecule has 0 bridgehead atoms. The molecule has 1 aromatic carbocycles. The molecule has 1 N–H and O–H groups in total. The molecule has 2 nitrogen and oxygen atoms in total. The first kappa shape index (κ1) is 16.5. The first-order valence-electron chi connectivity index (χ1n) is 8.47. The fraction of sp³-hybridized carbons (Fsp3) is 0.684. The lowest BCUT2D eigenvalue weighted by molar-refractivity contribution is -0.0716. The maximum absolute atomic E-state index is 10.7. The van der Waals surface area contributed by atoms with E-state index in [1.165, 1.54) is 48.8 Å². The zero-order chi connectivity index (χ0) is 15.2. The van der Waals surface area contributed by atoms with Gasteiger partial charge in [-0.2, -0.15) is 0 Å². The van der Waals surface area contributed by atoms with Gasteiger partial charge in [-0.05, 0) is 50.7 Å². The van der Waals surface area contributed by atoms with Gasteiger partial charge in [-0.25, -0.2) is 0 Å². The quantitative estimate of drug-likeness (QED) is 0.851. The summed E-state index contributed by atoms with van der Waals surface area (Å²) in [5.41, 5.74) is 3.77. The minimum Gasteiger partial charge on any atom is -0.390 e. The van der Waals surface area contributed by atoms with E-state index in [1.807, 2.05) is 6.92 Å². The summed E-state index contributed by atoms with van der Waals surface area (Å²) in [6, 6.07) is 6.47. The molecule has 1 aliphatic rings. The Kier molecular flexibility index (Phi) is 6.25. The molecular weight excluding hydrogens is 260 g/mol. The molecule has 21 heavy (non-hydrogen) atoms. The van der Waals surface area contributed by atoms with Crippen molar-refractivity contribution in [3.05, 3.63) is 34.9 Å². The van der Waals surface area contributed by atoms with E-state index in [0.717, 1.165) is 0 Å². The Labute approximate surface area is 129 Å². The topological polar surface area (TPSA) is 29.5 Å². The average Bonchev–Trinajstić information content (AvgIpc) is 2.49. The molecule has 0 aliphatic heterocycles. The maximum atomic E-state index is 10.7. The Bertz CT molecular complexity index is 435. The van der Waals surface area contributed by atoms with Crippen LogP contribution in [0.25, 0.3) is 0 Å². The van der Waals surface area contributed by atoms with E-state index in [-0.39, 0.29) is 6.10 Å². The van der Waals surface area contributed by atoms with Gasteiger partial charge in [-0.15, -0.1) is 0 Å². The number of hydrogen-bond donors (Lipinski definition) is 1. The second-order valence-corrected chi connectivity index (χ2v) is 6.52. The van der Waals surface area contributed by atoms with Gasteiger partial charge >= 0.3 is 0 Å². The van der Waals surface area contributed by atoms with Crippen LogP contribution in [0.15, 0.2) is 18.2 Å². The van der Waals surface area contributed by atoms with E-state index >= 15 is 0 Å². The Hall–Kier alpha value is -0.860. The van der Waals surface area contributed by atoms with Gasteiger partial charge in [0.1, 0.15) is 0 Å². The van der Waals surface area contributed by atoms with Crippen molar-refractivity contribution in [3.63, 3.8) is 0 Å². The second kappa shape index (κ2) is 7.95. The van der Waals surface area contributed by atoms with Crippen LogP contribution in [0.1, 0.15) is 55.7 Å². The molecular formula is C19H30O2. The zero-order valence-electron chi connectivity index (χ0n) is 13.8. The van der Waals surface area contributed by atoms with E-state index in [2.05, 4.69) is 32.0 Å². The molecule has 2 heteroatoms. The van der Waals surface area contributed by atoms with Gasteiger partial charge in [0.15, 0.2) is 0 Å². The fourth-order valence-corrected chi connectivity index (χ4v) is 3.58. The van der Waals surface area contributed by atoms with Gasteiger partial charge in [0.05, 0.1) is 12.2 Å². The van der Waals surface area contributed by atoms with Crippen LogP contribution in [-0.2, 0) is 11.2 Å². The SMILES string of the molecule is CCOC(C(O)Cc1cc(C)ccc1C)C1CCCCC1. The lowest BCUT2D eigenvalue weighted by atomic mass is 9.81. The third-order valence-electron chi connectivity index (χ3n) is 4.79. The van der Waals surface area contributed by atoms with Crippen molar-refractivity contribution in [1.82, 2.24) is 0 Å². The predicted octanol–water partition coefficient (Wildman–Crippen LogP) is 4.19. The number of aliphatic hydroxyl groups is 1. The molecule has 1 aromatic rings. The van der Waals surface area contributed by atoms with Crippen LogP contribution < -0.4 is 0 Å². The Morgan fingerprint density at radius 1 is 1.19 bits per heavy atom. The van der Waals surface area contributed by atoms with Gasteiger partial charge in [0, 0.05) is 13.0 Å². The summed E-state index contributed by atoms with van der Waals surface area (Å²) in [5, 5.41) is 10.7.